The highest BCUT2D eigenvalue weighted by Crippen LogP contribution is 2.41. The molecule has 0 spiro atoms. The summed E-state index contributed by atoms with van der Waals surface area (Å²) in [5.74, 6) is 0.701. The van der Waals surface area contributed by atoms with E-state index in [1.165, 1.54) is 24.8 Å². The van der Waals surface area contributed by atoms with Crippen LogP contribution in [0.2, 0.25) is 18.1 Å². The van der Waals surface area contributed by atoms with E-state index in [1.807, 2.05) is 51.1 Å². The van der Waals surface area contributed by atoms with Crippen molar-refractivity contribution in [2.24, 2.45) is 0 Å². The molecule has 248 valence electrons. The van der Waals surface area contributed by atoms with Crippen molar-refractivity contribution in [3.63, 3.8) is 0 Å². The lowest BCUT2D eigenvalue weighted by Crippen LogP contribution is -2.43. The van der Waals surface area contributed by atoms with Crippen LogP contribution in [0.3, 0.4) is 0 Å². The molecule has 2 aliphatic heterocycles. The molecule has 1 saturated heterocycles. The quantitative estimate of drug-likeness (QED) is 0.210. The van der Waals surface area contributed by atoms with E-state index in [-0.39, 0.29) is 10.9 Å². The van der Waals surface area contributed by atoms with E-state index in [9.17, 15) is 9.59 Å². The smallest absolute Gasteiger partial charge is 0.419 e. The summed E-state index contributed by atoms with van der Waals surface area (Å²) < 4.78 is 14.2. The van der Waals surface area contributed by atoms with E-state index < -0.39 is 20.0 Å². The molecule has 1 aromatic heterocycles. The number of hydrogen-bond acceptors (Lipinski definition) is 5. The first kappa shape index (κ1) is 33.0. The van der Waals surface area contributed by atoms with Crippen LogP contribution in [0.5, 0.6) is 5.75 Å². The molecule has 6 rings (SSSR count). The van der Waals surface area contributed by atoms with Crippen molar-refractivity contribution in [1.82, 2.24) is 14.8 Å². The lowest BCUT2D eigenvalue weighted by atomic mass is 9.92. The Morgan fingerprint density at radius 2 is 1.62 bits per heavy atom. The number of amides is 1. The molecule has 0 atom stereocenters. The summed E-state index contributed by atoms with van der Waals surface area (Å²) in [5, 5.41) is 4.08. The summed E-state index contributed by atoms with van der Waals surface area (Å²) in [4.78, 5) is 29.9. The van der Waals surface area contributed by atoms with Crippen molar-refractivity contribution >= 4 is 31.2 Å². The summed E-state index contributed by atoms with van der Waals surface area (Å²) >= 11 is 0. The Kier molecular flexibility index (Phi) is 8.64. The maximum Gasteiger partial charge on any atom is 0.419 e. The number of carbonyl (C=O) groups excluding carboxylic acids is 2. The lowest BCUT2D eigenvalue weighted by Gasteiger charge is -2.36. The minimum atomic E-state index is -2.04. The zero-order valence-electron chi connectivity index (χ0n) is 29.3. The van der Waals surface area contributed by atoms with Gasteiger partial charge in [0.25, 0.3) is 5.91 Å². The SMILES string of the molecule is CC(C)(C)OC(=O)n1c(-c2ccc(-c3cccc(O[Si](C)(C)C(C)(C)C)c3)c3c2C(=O)NC3)cc2cc(CN3CCCCC3)ccc21. The van der Waals surface area contributed by atoms with Crippen molar-refractivity contribution in [3.8, 4) is 28.1 Å². The Morgan fingerprint density at radius 3 is 2.32 bits per heavy atom. The first-order valence-electron chi connectivity index (χ1n) is 17.0. The van der Waals surface area contributed by atoms with Gasteiger partial charge in [0.15, 0.2) is 0 Å². The second kappa shape index (κ2) is 12.3. The van der Waals surface area contributed by atoms with Crippen molar-refractivity contribution in [1.29, 1.82) is 0 Å². The molecule has 1 fully saturated rings. The van der Waals surface area contributed by atoms with Crippen LogP contribution in [0.15, 0.2) is 60.7 Å². The summed E-state index contributed by atoms with van der Waals surface area (Å²) in [6, 6.07) is 20.6. The molecule has 0 bridgehead atoms. The predicted octanol–water partition coefficient (Wildman–Crippen LogP) is 9.37. The fourth-order valence-corrected chi connectivity index (χ4v) is 7.47. The Balaban J connectivity index is 1.45. The van der Waals surface area contributed by atoms with E-state index in [2.05, 4.69) is 74.4 Å². The molecule has 0 unspecified atom stereocenters. The Morgan fingerprint density at radius 1 is 0.894 bits per heavy atom. The number of likely N-dealkylation sites (tertiary alicyclic amines) is 1. The lowest BCUT2D eigenvalue weighted by molar-refractivity contribution is 0.0547. The normalized spacial score (nSPS) is 15.9. The van der Waals surface area contributed by atoms with Crippen LogP contribution in [0.4, 0.5) is 4.79 Å². The van der Waals surface area contributed by atoms with Gasteiger partial charge in [-0.05, 0) is 117 Å². The number of piperidine rings is 1. The van der Waals surface area contributed by atoms with Crippen molar-refractivity contribution in [2.75, 3.05) is 13.1 Å². The van der Waals surface area contributed by atoms with Crippen LogP contribution >= 0.6 is 0 Å². The van der Waals surface area contributed by atoms with Crippen LogP contribution in [-0.4, -0.2) is 48.5 Å². The number of aromatic nitrogens is 1. The molecular weight excluding hydrogens is 603 g/mol. The molecule has 0 aliphatic carbocycles. The monoisotopic (exact) mass is 651 g/mol. The zero-order chi connectivity index (χ0) is 33.7. The first-order valence-corrected chi connectivity index (χ1v) is 19.9. The Labute approximate surface area is 280 Å². The van der Waals surface area contributed by atoms with Gasteiger partial charge in [-0.25, -0.2) is 9.36 Å². The summed E-state index contributed by atoms with van der Waals surface area (Å²) in [7, 11) is -2.04. The fraction of sp³-hybridized carbons (Fsp3) is 0.436. The van der Waals surface area contributed by atoms with Crippen LogP contribution < -0.4 is 9.74 Å². The minimum Gasteiger partial charge on any atom is -0.543 e. The van der Waals surface area contributed by atoms with Crippen LogP contribution in [-0.2, 0) is 17.8 Å². The second-order valence-electron chi connectivity index (χ2n) is 15.7. The van der Waals surface area contributed by atoms with Crippen LogP contribution in [0, 0.1) is 0 Å². The van der Waals surface area contributed by atoms with Gasteiger partial charge in [-0.2, -0.15) is 0 Å². The van der Waals surface area contributed by atoms with E-state index >= 15 is 0 Å². The van der Waals surface area contributed by atoms with Gasteiger partial charge in [0.2, 0.25) is 8.32 Å². The summed E-state index contributed by atoms with van der Waals surface area (Å²) in [6.45, 7) is 20.3. The van der Waals surface area contributed by atoms with Crippen molar-refractivity contribution in [3.05, 3.63) is 77.4 Å². The molecule has 7 nitrogen and oxygen atoms in total. The molecule has 1 amide bonds. The maximum atomic E-state index is 13.8. The molecule has 0 saturated carbocycles. The van der Waals surface area contributed by atoms with E-state index in [0.29, 0.717) is 23.4 Å². The minimum absolute atomic E-state index is 0.0726. The third-order valence-corrected chi connectivity index (χ3v) is 14.2. The van der Waals surface area contributed by atoms with Gasteiger partial charge in [-0.3, -0.25) is 9.69 Å². The average Bonchev–Trinajstić information content (AvgIpc) is 3.56. The second-order valence-corrected chi connectivity index (χ2v) is 20.4. The van der Waals surface area contributed by atoms with Gasteiger partial charge >= 0.3 is 6.09 Å². The van der Waals surface area contributed by atoms with E-state index in [4.69, 9.17) is 9.16 Å². The highest BCUT2D eigenvalue weighted by molar-refractivity contribution is 6.74. The number of carbonyl (C=O) groups is 2. The highest BCUT2D eigenvalue weighted by atomic mass is 28.4. The third kappa shape index (κ3) is 6.76. The molecule has 2 aliphatic rings. The Bertz CT molecular complexity index is 1840. The number of ether oxygens (including phenoxy) is 1. The largest absolute Gasteiger partial charge is 0.543 e. The highest BCUT2D eigenvalue weighted by Gasteiger charge is 2.39. The molecule has 47 heavy (non-hydrogen) atoms. The summed E-state index contributed by atoms with van der Waals surface area (Å²) in [5.41, 5.74) is 6.16. The zero-order valence-corrected chi connectivity index (χ0v) is 30.3. The third-order valence-electron chi connectivity index (χ3n) is 9.86. The predicted molar refractivity (Wildman–Crippen MR) is 193 cm³/mol. The maximum absolute atomic E-state index is 13.8. The number of benzene rings is 3. The number of nitrogens with zero attached hydrogens (tertiary/aromatic N) is 2. The number of rotatable bonds is 6. The van der Waals surface area contributed by atoms with Crippen molar-refractivity contribution < 1.29 is 18.8 Å². The van der Waals surface area contributed by atoms with Gasteiger partial charge in [0, 0.05) is 24.0 Å². The van der Waals surface area contributed by atoms with Gasteiger partial charge in [-0.1, -0.05) is 57.5 Å². The fourth-order valence-electron chi connectivity index (χ4n) is 6.45. The molecule has 1 N–H and O–H groups in total. The Hall–Kier alpha value is -3.88. The van der Waals surface area contributed by atoms with Crippen LogP contribution in [0.1, 0.15) is 82.3 Å². The molecule has 3 heterocycles. The topological polar surface area (TPSA) is 72.8 Å². The molecule has 4 aromatic rings. The number of hydrogen-bond donors (Lipinski definition) is 1. The van der Waals surface area contributed by atoms with Crippen LogP contribution in [0.25, 0.3) is 33.3 Å². The summed E-state index contributed by atoms with van der Waals surface area (Å²) in [6.07, 6.45) is 3.31. The first-order chi connectivity index (χ1) is 22.1. The molecule has 8 heteroatoms. The van der Waals surface area contributed by atoms with Gasteiger partial charge in [-0.15, -0.1) is 0 Å². The average molecular weight is 652 g/mol. The standard InChI is InChI=1S/C39H49N3O4Si/c1-38(2,3)45-37(44)42-33-18-15-26(25-41-19-10-9-11-20-41)21-28(33)23-34(42)31-17-16-30(32-24-40-36(43)35(31)32)27-13-12-14-29(22-27)46-47(7,8)39(4,5)6/h12-18,21-23H,9-11,19-20,24-25H2,1-8H3,(H,40,43). The van der Waals surface area contributed by atoms with Gasteiger partial charge < -0.3 is 14.5 Å². The molecule has 3 aromatic carbocycles. The van der Waals surface area contributed by atoms with E-state index in [1.54, 1.807) is 4.57 Å². The van der Waals surface area contributed by atoms with Gasteiger partial charge in [0.1, 0.15) is 11.4 Å². The van der Waals surface area contributed by atoms with E-state index in [0.717, 1.165) is 53.0 Å². The molecular formula is C39H49N3O4Si. The number of nitrogens with one attached hydrogen (secondary N) is 1. The van der Waals surface area contributed by atoms with Crippen molar-refractivity contribution in [2.45, 2.75) is 97.6 Å². The van der Waals surface area contributed by atoms with Gasteiger partial charge in [0.05, 0.1) is 16.8 Å². The number of fused-ring (bicyclic) bond motifs is 2. The molecule has 0 radical (unpaired) electrons.